The summed E-state index contributed by atoms with van der Waals surface area (Å²) in [4.78, 5) is 11.2. The van der Waals surface area contributed by atoms with Crippen LogP contribution in [0.3, 0.4) is 0 Å². The Morgan fingerprint density at radius 2 is 1.75 bits per heavy atom. The highest BCUT2D eigenvalue weighted by atomic mass is 16.5. The van der Waals surface area contributed by atoms with Gasteiger partial charge in [0.2, 0.25) is 0 Å². The molecule has 0 aliphatic carbocycles. The average Bonchev–Trinajstić information content (AvgIpc) is 2.27. The first kappa shape index (κ1) is 14.7. The molecule has 0 bridgehead atoms. The van der Waals surface area contributed by atoms with Gasteiger partial charge in [-0.05, 0) is 51.0 Å². The molecule has 1 rings (SSSR count). The van der Waals surface area contributed by atoms with Gasteiger partial charge in [0.1, 0.15) is 5.75 Å². The van der Waals surface area contributed by atoms with Crippen LogP contribution in [0.15, 0.2) is 12.1 Å². The standard InChI is InChI=1S/C12H16O2.C2H6/c1-5-14-12-7-6-11(10(4)13)8(2)9(12)3;1-2/h6-7H,5H2,1-4H3;1-2H3. The number of rotatable bonds is 3. The summed E-state index contributed by atoms with van der Waals surface area (Å²) in [5.74, 6) is 0.976. The van der Waals surface area contributed by atoms with E-state index >= 15 is 0 Å². The highest BCUT2D eigenvalue weighted by Crippen LogP contribution is 2.24. The SMILES string of the molecule is CC.CCOc1ccc(C(C)=O)c(C)c1C. The van der Waals surface area contributed by atoms with E-state index in [2.05, 4.69) is 0 Å². The lowest BCUT2D eigenvalue weighted by atomic mass is 10.00. The maximum absolute atomic E-state index is 11.2. The van der Waals surface area contributed by atoms with Gasteiger partial charge in [-0.15, -0.1) is 0 Å². The van der Waals surface area contributed by atoms with Crippen molar-refractivity contribution in [3.8, 4) is 5.75 Å². The molecule has 0 heterocycles. The molecule has 90 valence electrons. The summed E-state index contributed by atoms with van der Waals surface area (Å²) in [6.45, 7) is 12.1. The van der Waals surface area contributed by atoms with E-state index in [0.29, 0.717) is 6.61 Å². The first-order chi connectivity index (χ1) is 7.57. The molecule has 1 aromatic carbocycles. The minimum Gasteiger partial charge on any atom is -0.494 e. The molecule has 0 saturated heterocycles. The molecule has 0 radical (unpaired) electrons. The summed E-state index contributed by atoms with van der Waals surface area (Å²) < 4.78 is 5.44. The van der Waals surface area contributed by atoms with Crippen molar-refractivity contribution < 1.29 is 9.53 Å². The number of ether oxygens (including phenoxy) is 1. The number of benzene rings is 1. The van der Waals surface area contributed by atoms with Crippen LogP contribution < -0.4 is 4.74 Å². The van der Waals surface area contributed by atoms with E-state index in [-0.39, 0.29) is 5.78 Å². The van der Waals surface area contributed by atoms with Crippen LogP contribution in [0.5, 0.6) is 5.75 Å². The minimum atomic E-state index is 0.105. The first-order valence-corrected chi connectivity index (χ1v) is 5.81. The van der Waals surface area contributed by atoms with Gasteiger partial charge in [0.15, 0.2) is 5.78 Å². The second-order valence-electron chi connectivity index (χ2n) is 3.35. The second-order valence-corrected chi connectivity index (χ2v) is 3.35. The van der Waals surface area contributed by atoms with Gasteiger partial charge in [-0.3, -0.25) is 4.79 Å². The quantitative estimate of drug-likeness (QED) is 0.724. The maximum atomic E-state index is 11.2. The van der Waals surface area contributed by atoms with Crippen molar-refractivity contribution in [2.75, 3.05) is 6.61 Å². The Hall–Kier alpha value is -1.31. The van der Waals surface area contributed by atoms with Crippen molar-refractivity contribution >= 4 is 5.78 Å². The molecule has 16 heavy (non-hydrogen) atoms. The summed E-state index contributed by atoms with van der Waals surface area (Å²) in [6, 6.07) is 3.69. The molecule has 0 aliphatic heterocycles. The zero-order valence-corrected chi connectivity index (χ0v) is 11.2. The first-order valence-electron chi connectivity index (χ1n) is 5.81. The normalized spacial score (nSPS) is 9.12. The number of carbonyl (C=O) groups excluding carboxylic acids is 1. The third-order valence-corrected chi connectivity index (χ3v) is 2.42. The molecule has 2 nitrogen and oxygen atoms in total. The van der Waals surface area contributed by atoms with Crippen LogP contribution in [-0.2, 0) is 0 Å². The van der Waals surface area contributed by atoms with E-state index in [1.165, 1.54) is 0 Å². The monoisotopic (exact) mass is 222 g/mol. The number of Topliss-reactive ketones (excluding diaryl/α,β-unsaturated/α-hetero) is 1. The predicted octanol–water partition coefficient (Wildman–Crippen LogP) is 3.93. The fraction of sp³-hybridized carbons (Fsp3) is 0.500. The molecule has 0 aromatic heterocycles. The maximum Gasteiger partial charge on any atom is 0.160 e. The molecule has 0 amide bonds. The predicted molar refractivity (Wildman–Crippen MR) is 68.4 cm³/mol. The van der Waals surface area contributed by atoms with E-state index in [0.717, 1.165) is 22.4 Å². The summed E-state index contributed by atoms with van der Waals surface area (Å²) in [5, 5.41) is 0. The minimum absolute atomic E-state index is 0.105. The Kier molecular flexibility index (Phi) is 6.47. The molecule has 0 aliphatic rings. The van der Waals surface area contributed by atoms with Crippen LogP contribution >= 0.6 is 0 Å². The Morgan fingerprint density at radius 3 is 2.19 bits per heavy atom. The number of hydrogen-bond acceptors (Lipinski definition) is 2. The van der Waals surface area contributed by atoms with Crippen LogP contribution in [-0.4, -0.2) is 12.4 Å². The van der Waals surface area contributed by atoms with Gasteiger partial charge in [0.25, 0.3) is 0 Å². The number of hydrogen-bond donors (Lipinski definition) is 0. The van der Waals surface area contributed by atoms with Gasteiger partial charge < -0.3 is 4.74 Å². The molecule has 0 unspecified atom stereocenters. The third-order valence-electron chi connectivity index (χ3n) is 2.42. The van der Waals surface area contributed by atoms with Gasteiger partial charge in [0.05, 0.1) is 6.61 Å². The molecule has 0 atom stereocenters. The molecule has 0 saturated carbocycles. The fourth-order valence-corrected chi connectivity index (χ4v) is 1.49. The van der Waals surface area contributed by atoms with Crippen LogP contribution in [0, 0.1) is 13.8 Å². The lowest BCUT2D eigenvalue weighted by Crippen LogP contribution is -2.01. The van der Waals surface area contributed by atoms with Gasteiger partial charge in [-0.25, -0.2) is 0 Å². The lowest BCUT2D eigenvalue weighted by Gasteiger charge is -2.11. The second kappa shape index (κ2) is 7.04. The fourth-order valence-electron chi connectivity index (χ4n) is 1.49. The van der Waals surface area contributed by atoms with E-state index in [1.807, 2.05) is 46.8 Å². The summed E-state index contributed by atoms with van der Waals surface area (Å²) >= 11 is 0. The van der Waals surface area contributed by atoms with Crippen molar-refractivity contribution in [2.45, 2.75) is 41.5 Å². The van der Waals surface area contributed by atoms with Gasteiger partial charge >= 0.3 is 0 Å². The molecule has 1 aromatic rings. The van der Waals surface area contributed by atoms with Crippen LogP contribution in [0.25, 0.3) is 0 Å². The lowest BCUT2D eigenvalue weighted by molar-refractivity contribution is 0.101. The van der Waals surface area contributed by atoms with Crippen LogP contribution in [0.1, 0.15) is 49.2 Å². The van der Waals surface area contributed by atoms with E-state index in [4.69, 9.17) is 4.74 Å². The molecule has 2 heteroatoms. The Bertz CT molecular complexity index is 354. The zero-order chi connectivity index (χ0) is 12.7. The Labute approximate surface area is 98.6 Å². The molecule has 0 N–H and O–H groups in total. The smallest absolute Gasteiger partial charge is 0.160 e. The van der Waals surface area contributed by atoms with Gasteiger partial charge in [-0.1, -0.05) is 13.8 Å². The van der Waals surface area contributed by atoms with Crippen molar-refractivity contribution in [1.29, 1.82) is 0 Å². The molecule has 0 spiro atoms. The average molecular weight is 222 g/mol. The summed E-state index contributed by atoms with van der Waals surface area (Å²) in [6.07, 6.45) is 0. The van der Waals surface area contributed by atoms with Crippen molar-refractivity contribution in [1.82, 2.24) is 0 Å². The van der Waals surface area contributed by atoms with Crippen molar-refractivity contribution in [3.63, 3.8) is 0 Å². The number of carbonyl (C=O) groups is 1. The Balaban J connectivity index is 0.00000106. The third kappa shape index (κ3) is 3.37. The molecule has 0 fully saturated rings. The highest BCUT2D eigenvalue weighted by Gasteiger charge is 2.09. The summed E-state index contributed by atoms with van der Waals surface area (Å²) in [5.41, 5.74) is 2.86. The highest BCUT2D eigenvalue weighted by molar-refractivity contribution is 5.96. The Morgan fingerprint density at radius 1 is 1.19 bits per heavy atom. The summed E-state index contributed by atoms with van der Waals surface area (Å²) in [7, 11) is 0. The number of ketones is 1. The topological polar surface area (TPSA) is 26.3 Å². The van der Waals surface area contributed by atoms with E-state index < -0.39 is 0 Å². The van der Waals surface area contributed by atoms with Crippen LogP contribution in [0.2, 0.25) is 0 Å². The van der Waals surface area contributed by atoms with Crippen molar-refractivity contribution in [2.24, 2.45) is 0 Å². The molecular weight excluding hydrogens is 200 g/mol. The largest absolute Gasteiger partial charge is 0.494 e. The van der Waals surface area contributed by atoms with E-state index in [9.17, 15) is 4.79 Å². The van der Waals surface area contributed by atoms with Gasteiger partial charge in [0, 0.05) is 5.56 Å². The van der Waals surface area contributed by atoms with E-state index in [1.54, 1.807) is 6.92 Å². The van der Waals surface area contributed by atoms with Crippen molar-refractivity contribution in [3.05, 3.63) is 28.8 Å². The van der Waals surface area contributed by atoms with Gasteiger partial charge in [-0.2, -0.15) is 0 Å². The zero-order valence-electron chi connectivity index (χ0n) is 11.2. The molecular formula is C14H22O2. The van der Waals surface area contributed by atoms with Crippen LogP contribution in [0.4, 0.5) is 0 Å².